The van der Waals surface area contributed by atoms with E-state index in [1.165, 1.54) is 17.3 Å². The molecule has 1 amide bonds. The minimum Gasteiger partial charge on any atom is -0.369 e. The predicted octanol–water partition coefficient (Wildman–Crippen LogP) is 4.27. The number of alkyl halides is 3. The van der Waals surface area contributed by atoms with Gasteiger partial charge in [-0.25, -0.2) is 0 Å². The van der Waals surface area contributed by atoms with E-state index in [1.807, 2.05) is 0 Å². The molecule has 168 valence electrons. The molecule has 1 aliphatic rings. The molecule has 3 rings (SSSR count). The van der Waals surface area contributed by atoms with E-state index in [0.29, 0.717) is 12.1 Å². The van der Waals surface area contributed by atoms with Gasteiger partial charge in [0.15, 0.2) is 0 Å². The van der Waals surface area contributed by atoms with E-state index in [2.05, 4.69) is 46.3 Å². The van der Waals surface area contributed by atoms with Crippen molar-refractivity contribution < 1.29 is 18.0 Å². The molecule has 0 radical (unpaired) electrons. The highest BCUT2D eigenvalue weighted by Crippen LogP contribution is 2.29. The lowest BCUT2D eigenvalue weighted by Crippen LogP contribution is -2.46. The fraction of sp³-hybridized carbons (Fsp3) is 0.458. The third-order valence-electron chi connectivity index (χ3n) is 5.58. The average Bonchev–Trinajstić information content (AvgIpc) is 2.73. The van der Waals surface area contributed by atoms with Crippen molar-refractivity contribution in [2.24, 2.45) is 0 Å². The van der Waals surface area contributed by atoms with Gasteiger partial charge in [-0.2, -0.15) is 13.2 Å². The molecule has 1 fully saturated rings. The molecule has 0 aromatic heterocycles. The first kappa shape index (κ1) is 23.1. The van der Waals surface area contributed by atoms with Crippen molar-refractivity contribution >= 4 is 11.6 Å². The van der Waals surface area contributed by atoms with Gasteiger partial charge in [0.2, 0.25) is 5.91 Å². The Morgan fingerprint density at radius 3 is 2.45 bits per heavy atom. The van der Waals surface area contributed by atoms with Crippen molar-refractivity contribution in [3.63, 3.8) is 0 Å². The van der Waals surface area contributed by atoms with Crippen LogP contribution in [-0.4, -0.2) is 50.1 Å². The topological polar surface area (TPSA) is 35.6 Å². The Kier molecular flexibility index (Phi) is 7.96. The van der Waals surface area contributed by atoms with Crippen LogP contribution >= 0.6 is 0 Å². The third kappa shape index (κ3) is 7.28. The van der Waals surface area contributed by atoms with Crippen LogP contribution in [0.3, 0.4) is 0 Å². The van der Waals surface area contributed by atoms with Gasteiger partial charge in [-0.3, -0.25) is 9.69 Å². The first-order valence-electron chi connectivity index (χ1n) is 10.8. The number of hydrogen-bond acceptors (Lipinski definition) is 3. The molecule has 7 heteroatoms. The second-order valence-electron chi connectivity index (χ2n) is 8.10. The lowest BCUT2D eigenvalue weighted by molar-refractivity contribution is -0.137. The van der Waals surface area contributed by atoms with Crippen LogP contribution in [0.2, 0.25) is 0 Å². The molecule has 0 atom stereocenters. The Morgan fingerprint density at radius 1 is 1.00 bits per heavy atom. The number of benzene rings is 2. The van der Waals surface area contributed by atoms with Crippen LogP contribution in [-0.2, 0) is 17.4 Å². The second-order valence-corrected chi connectivity index (χ2v) is 8.10. The molecule has 1 saturated heterocycles. The summed E-state index contributed by atoms with van der Waals surface area (Å²) in [5.41, 5.74) is 2.21. The van der Waals surface area contributed by atoms with Crippen LogP contribution in [0.25, 0.3) is 0 Å². The number of amides is 1. The first-order valence-corrected chi connectivity index (χ1v) is 10.8. The van der Waals surface area contributed by atoms with Crippen molar-refractivity contribution in [1.82, 2.24) is 10.2 Å². The quantitative estimate of drug-likeness (QED) is 0.632. The number of halogens is 3. The van der Waals surface area contributed by atoms with Crippen LogP contribution in [0.4, 0.5) is 18.9 Å². The Labute approximate surface area is 182 Å². The summed E-state index contributed by atoms with van der Waals surface area (Å²) < 4.78 is 38.3. The number of nitrogens with one attached hydrogen (secondary N) is 1. The maximum absolute atomic E-state index is 12.8. The van der Waals surface area contributed by atoms with Gasteiger partial charge in [0, 0.05) is 38.4 Å². The third-order valence-corrected chi connectivity index (χ3v) is 5.58. The summed E-state index contributed by atoms with van der Waals surface area (Å²) in [6, 6.07) is 13.5. The van der Waals surface area contributed by atoms with Crippen LogP contribution in [0.5, 0.6) is 0 Å². The highest BCUT2D eigenvalue weighted by Gasteiger charge is 2.30. The normalized spacial score (nSPS) is 15.2. The van der Waals surface area contributed by atoms with Gasteiger partial charge in [-0.1, -0.05) is 30.3 Å². The fourth-order valence-electron chi connectivity index (χ4n) is 3.85. The predicted molar refractivity (Wildman–Crippen MR) is 117 cm³/mol. The monoisotopic (exact) mass is 433 g/mol. The molecule has 4 nitrogen and oxygen atoms in total. The Hall–Kier alpha value is -2.54. The molecule has 1 N–H and O–H groups in total. The first-order chi connectivity index (χ1) is 14.8. The highest BCUT2D eigenvalue weighted by atomic mass is 19.4. The summed E-state index contributed by atoms with van der Waals surface area (Å²) in [6.45, 7) is 7.71. The number of piperazine rings is 1. The molecular weight excluding hydrogens is 403 g/mol. The standard InChI is InChI=1S/C24H30F3N3O/c1-19-6-4-9-22(16-19)30-14-12-29(13-15-30)11-3-2-10-28-23(31)18-20-7-5-8-21(17-20)24(25,26)27/h4-9,16-17H,2-3,10-15,18H2,1H3,(H,28,31). The summed E-state index contributed by atoms with van der Waals surface area (Å²) in [4.78, 5) is 16.9. The molecular formula is C24H30F3N3O. The summed E-state index contributed by atoms with van der Waals surface area (Å²) >= 11 is 0. The summed E-state index contributed by atoms with van der Waals surface area (Å²) in [6.07, 6.45) is -2.59. The number of carbonyl (C=O) groups is 1. The number of aryl methyl sites for hydroxylation is 1. The van der Waals surface area contributed by atoms with E-state index in [0.717, 1.165) is 57.7 Å². The van der Waals surface area contributed by atoms with Crippen molar-refractivity contribution in [3.05, 3.63) is 65.2 Å². The smallest absolute Gasteiger partial charge is 0.369 e. The number of rotatable bonds is 8. The van der Waals surface area contributed by atoms with E-state index >= 15 is 0 Å². The molecule has 2 aromatic carbocycles. The minimum atomic E-state index is -4.39. The molecule has 2 aromatic rings. The van der Waals surface area contributed by atoms with Gasteiger partial charge in [0.05, 0.1) is 12.0 Å². The number of carbonyl (C=O) groups excluding carboxylic acids is 1. The van der Waals surface area contributed by atoms with Crippen molar-refractivity contribution in [2.75, 3.05) is 44.2 Å². The number of unbranched alkanes of at least 4 members (excludes halogenated alkanes) is 1. The Morgan fingerprint density at radius 2 is 1.74 bits per heavy atom. The van der Waals surface area contributed by atoms with Gasteiger partial charge in [0.25, 0.3) is 0 Å². The zero-order valence-corrected chi connectivity index (χ0v) is 17.9. The highest BCUT2D eigenvalue weighted by molar-refractivity contribution is 5.78. The SMILES string of the molecule is Cc1cccc(N2CCN(CCCCNC(=O)Cc3cccc(C(F)(F)F)c3)CC2)c1. The molecule has 1 heterocycles. The van der Waals surface area contributed by atoms with Crippen LogP contribution < -0.4 is 10.2 Å². The van der Waals surface area contributed by atoms with Gasteiger partial charge in [0.1, 0.15) is 0 Å². The maximum Gasteiger partial charge on any atom is 0.416 e. The Bertz CT molecular complexity index is 861. The molecule has 0 aliphatic carbocycles. The van der Waals surface area contributed by atoms with Crippen molar-refractivity contribution in [3.8, 4) is 0 Å². The van der Waals surface area contributed by atoms with Gasteiger partial charge in [-0.05, 0) is 55.6 Å². The number of nitrogens with zero attached hydrogens (tertiary/aromatic N) is 2. The minimum absolute atomic E-state index is 0.0369. The van der Waals surface area contributed by atoms with Gasteiger partial charge < -0.3 is 10.2 Å². The van der Waals surface area contributed by atoms with Crippen molar-refractivity contribution in [2.45, 2.75) is 32.4 Å². The van der Waals surface area contributed by atoms with E-state index < -0.39 is 11.7 Å². The maximum atomic E-state index is 12.8. The van der Waals surface area contributed by atoms with Gasteiger partial charge >= 0.3 is 6.18 Å². The summed E-state index contributed by atoms with van der Waals surface area (Å²) in [5, 5.41) is 2.81. The molecule has 0 unspecified atom stereocenters. The molecule has 0 saturated carbocycles. The summed E-state index contributed by atoms with van der Waals surface area (Å²) in [5.74, 6) is -0.244. The fourth-order valence-corrected chi connectivity index (χ4v) is 3.85. The number of hydrogen-bond donors (Lipinski definition) is 1. The number of anilines is 1. The van der Waals surface area contributed by atoms with Gasteiger partial charge in [-0.15, -0.1) is 0 Å². The van der Waals surface area contributed by atoms with Crippen LogP contribution in [0.15, 0.2) is 48.5 Å². The lowest BCUT2D eigenvalue weighted by atomic mass is 10.1. The molecule has 0 spiro atoms. The zero-order chi connectivity index (χ0) is 22.3. The van der Waals surface area contributed by atoms with E-state index in [4.69, 9.17) is 0 Å². The zero-order valence-electron chi connectivity index (χ0n) is 17.9. The van der Waals surface area contributed by atoms with E-state index in [1.54, 1.807) is 6.07 Å². The van der Waals surface area contributed by atoms with Crippen LogP contribution in [0, 0.1) is 6.92 Å². The van der Waals surface area contributed by atoms with Crippen LogP contribution in [0.1, 0.15) is 29.5 Å². The average molecular weight is 434 g/mol. The van der Waals surface area contributed by atoms with E-state index in [9.17, 15) is 18.0 Å². The molecule has 0 bridgehead atoms. The van der Waals surface area contributed by atoms with E-state index in [-0.39, 0.29) is 12.3 Å². The molecule has 1 aliphatic heterocycles. The molecule has 31 heavy (non-hydrogen) atoms. The van der Waals surface area contributed by atoms with Crippen molar-refractivity contribution in [1.29, 1.82) is 0 Å². The lowest BCUT2D eigenvalue weighted by Gasteiger charge is -2.36. The largest absolute Gasteiger partial charge is 0.416 e. The Balaban J connectivity index is 1.30. The second kappa shape index (κ2) is 10.7. The summed E-state index contributed by atoms with van der Waals surface area (Å²) in [7, 11) is 0.